The van der Waals surface area contributed by atoms with Crippen LogP contribution in [0.15, 0.2) is 449 Å². The molecule has 11 aliphatic rings. The van der Waals surface area contributed by atoms with Gasteiger partial charge >= 0.3 is 24.7 Å². The van der Waals surface area contributed by atoms with E-state index in [0.29, 0.717) is 125 Å². The van der Waals surface area contributed by atoms with Gasteiger partial charge in [0.05, 0.1) is 0 Å². The lowest BCUT2D eigenvalue weighted by Crippen LogP contribution is -2.62. The fourth-order valence-electron chi connectivity index (χ4n) is 28.9. The van der Waals surface area contributed by atoms with Gasteiger partial charge in [-0.15, -0.1) is 0 Å². The molecule has 0 saturated heterocycles. The minimum absolute atomic E-state index is 0.0176. The lowest BCUT2D eigenvalue weighted by molar-refractivity contribution is -0.241. The SMILES string of the molecule is CC(c1ccccc1)(c1ccccc1)C1CC1.CC(c1ccccc1)(c1ccccc1)C1CC1.Cc1ccc(C(c2ccccc2)(c2ccccc2)C2CC2)cc1.FC(F)(F)C(c1ccccc1)(c1ccccc1)C12CC3CC(CC(C3)C1)C2.FC(F)(F)C(c1ccccc1)(c1ccccc1)C1CC1.FC(F)(F)C(c1ccccc1)(c1ccccc1)C1CC2CCC1C2.FC(F)(F)C(c1ccccc1)(c1ccccc1)C1CCC1. The quantitative estimate of drug-likeness (QED) is 0.0469. The summed E-state index contributed by atoms with van der Waals surface area (Å²) >= 11 is 0. The summed E-state index contributed by atoms with van der Waals surface area (Å²) in [7, 11) is 0. The summed E-state index contributed by atoms with van der Waals surface area (Å²) in [4.78, 5) is 0. The van der Waals surface area contributed by atoms with Gasteiger partial charge in [0, 0.05) is 16.2 Å². The number of hydrogen-bond donors (Lipinski definition) is 0. The molecule has 0 aromatic heterocycles. The largest absolute Gasteiger partial charge is 0.402 e. The topological polar surface area (TPSA) is 0 Å². The number of benzene rings is 15. The number of rotatable bonds is 22. The number of hydrogen-bond acceptors (Lipinski definition) is 0. The van der Waals surface area contributed by atoms with Crippen molar-refractivity contribution in [1.82, 2.24) is 0 Å². The maximum atomic E-state index is 15.3. The van der Waals surface area contributed by atoms with Crippen LogP contribution in [0.4, 0.5) is 52.7 Å². The lowest BCUT2D eigenvalue weighted by Gasteiger charge is -2.64. The van der Waals surface area contributed by atoms with Crippen molar-refractivity contribution < 1.29 is 52.7 Å². The standard InChI is InChI=1S/C24H25F3.C23H22.C21H21F3.C18H17F3.C17H15F3.2C17H18/c25-24(26,27)23(20-7-3-1-4-8-20,21-9-5-2-6-10-21)22-14-17-11-18(15-22)13-19(12-17)16-22;1-18-12-14-21(15-13-18)23(22-16-17-22,19-8-4-2-5-9-19)20-10-6-3-7-11-20;22-21(23,24)20(17-7-3-1-4-8-17,18-9-5-2-6-10-18)19-14-15-11-12-16(19)13-15;19-18(20,21)17(16-12-7-13-16,14-8-3-1-4-9-14)15-10-5-2-6-11-15;18-17(19,20)16(15-11-12-15,13-7-3-1-4-8-13)14-9-5-2-6-10-14;2*1-17(16-12-13-16,14-8-4-2-5-9-14)15-10-6-3-7-11-15/h1-10,17-19H,11-16H2;2-15,22H,16-17H2,1H3;1-10,15-16,19H,11-14H2;1-6,8-11,16H,7,12-13H2;1-10,15H,11-12H2;2*2-11,16H,12-13H2,1H3. The van der Waals surface area contributed by atoms with Crippen molar-refractivity contribution in [3.8, 4) is 0 Å². The van der Waals surface area contributed by atoms with Gasteiger partial charge in [-0.1, -0.05) is 481 Å². The minimum Gasteiger partial charge on any atom is -0.170 e. The molecule has 3 unspecified atom stereocenters. The first-order valence-corrected chi connectivity index (χ1v) is 54.2. The van der Waals surface area contributed by atoms with E-state index in [1.807, 2.05) is 12.1 Å². The summed E-state index contributed by atoms with van der Waals surface area (Å²) in [5.41, 5.74) is 6.51. The van der Waals surface area contributed by atoms with Gasteiger partial charge in [0.15, 0.2) is 0 Å². The van der Waals surface area contributed by atoms with Gasteiger partial charge in [-0.05, 0) is 283 Å². The van der Waals surface area contributed by atoms with E-state index >= 15 is 13.2 Å². The van der Waals surface area contributed by atoms with E-state index in [1.54, 1.807) is 231 Å². The highest BCUT2D eigenvalue weighted by atomic mass is 19.4. The molecule has 0 nitrogen and oxygen atoms in total. The summed E-state index contributed by atoms with van der Waals surface area (Å²) in [6.07, 6.45) is 3.42. The predicted molar refractivity (Wildman–Crippen MR) is 579 cm³/mol. The van der Waals surface area contributed by atoms with Gasteiger partial charge in [-0.2, -0.15) is 52.7 Å². The van der Waals surface area contributed by atoms with Crippen LogP contribution in [0.2, 0.25) is 0 Å². The second-order valence-corrected chi connectivity index (χ2v) is 44.6. The lowest BCUT2D eigenvalue weighted by atomic mass is 9.40. The van der Waals surface area contributed by atoms with E-state index in [2.05, 4.69) is 227 Å². The maximum absolute atomic E-state index is 15.3. The third-order valence-electron chi connectivity index (χ3n) is 36.0. The summed E-state index contributed by atoms with van der Waals surface area (Å²) in [5.74, 6) is 3.26. The first-order chi connectivity index (χ1) is 72.1. The predicted octanol–water partition coefficient (Wildman–Crippen LogP) is 37.5. The van der Waals surface area contributed by atoms with Crippen LogP contribution in [0, 0.1) is 77.4 Å². The molecule has 11 fully saturated rings. The molecule has 0 spiro atoms. The molecule has 768 valence electrons. The zero-order chi connectivity index (χ0) is 104. The molecule has 15 aromatic carbocycles. The summed E-state index contributed by atoms with van der Waals surface area (Å²) < 4.78 is 175. The first-order valence-electron chi connectivity index (χ1n) is 54.2. The fourth-order valence-corrected chi connectivity index (χ4v) is 28.9. The Morgan fingerprint density at radius 2 is 0.423 bits per heavy atom. The summed E-state index contributed by atoms with van der Waals surface area (Å²) in [6, 6.07) is 143. The number of halogens is 12. The van der Waals surface area contributed by atoms with Gasteiger partial charge in [-0.25, -0.2) is 0 Å². The second-order valence-electron chi connectivity index (χ2n) is 44.6. The Morgan fingerprint density at radius 1 is 0.195 bits per heavy atom. The monoisotopic (exact) mass is 2010 g/mol. The average Bonchev–Trinajstić information content (AvgIpc) is 1.09. The molecular weight excluding hydrogens is 1870 g/mol. The maximum Gasteiger partial charge on any atom is 0.402 e. The van der Waals surface area contributed by atoms with Crippen molar-refractivity contribution in [3.63, 3.8) is 0 Å². The van der Waals surface area contributed by atoms with E-state index in [9.17, 15) is 39.5 Å². The molecule has 0 aliphatic heterocycles. The first kappa shape index (κ1) is 105. The molecular formula is C137H136F12. The fraction of sp³-hybridized carbons (Fsp3) is 0.343. The van der Waals surface area contributed by atoms with Crippen LogP contribution in [0.25, 0.3) is 0 Å². The zero-order valence-electron chi connectivity index (χ0n) is 85.5. The van der Waals surface area contributed by atoms with Gasteiger partial charge in [0.2, 0.25) is 0 Å². The summed E-state index contributed by atoms with van der Waals surface area (Å²) in [6.45, 7) is 6.96. The molecule has 0 heterocycles. The normalized spacial score (nSPS) is 20.6. The van der Waals surface area contributed by atoms with Crippen LogP contribution in [0.3, 0.4) is 0 Å². The molecule has 15 aromatic rings. The van der Waals surface area contributed by atoms with Crippen molar-refractivity contribution in [2.75, 3.05) is 0 Å². The molecule has 12 heteroatoms. The smallest absolute Gasteiger partial charge is 0.170 e. The van der Waals surface area contributed by atoms with Gasteiger partial charge < -0.3 is 0 Å². The van der Waals surface area contributed by atoms with Crippen molar-refractivity contribution >= 4 is 0 Å². The van der Waals surface area contributed by atoms with Gasteiger partial charge in [0.25, 0.3) is 0 Å². The highest BCUT2D eigenvalue weighted by Crippen LogP contribution is 2.73. The van der Waals surface area contributed by atoms with Crippen molar-refractivity contribution in [2.45, 2.75) is 218 Å². The van der Waals surface area contributed by atoms with Crippen molar-refractivity contribution in [3.05, 3.63) is 538 Å². The molecule has 149 heavy (non-hydrogen) atoms. The third-order valence-corrected chi connectivity index (χ3v) is 36.0. The van der Waals surface area contributed by atoms with E-state index in [-0.39, 0.29) is 39.9 Å². The van der Waals surface area contributed by atoms with E-state index in [1.165, 1.54) is 83.0 Å². The van der Waals surface area contributed by atoms with Gasteiger partial charge in [0.1, 0.15) is 21.7 Å². The Labute approximate surface area is 873 Å². The Balaban J connectivity index is 0.000000110. The highest BCUT2D eigenvalue weighted by molar-refractivity contribution is 5.56. The van der Waals surface area contributed by atoms with E-state index < -0.39 is 51.8 Å². The molecule has 11 aliphatic carbocycles. The molecule has 26 rings (SSSR count). The van der Waals surface area contributed by atoms with Crippen molar-refractivity contribution in [2.24, 2.45) is 70.5 Å². The highest BCUT2D eigenvalue weighted by Gasteiger charge is 2.73. The minimum atomic E-state index is -4.33. The van der Waals surface area contributed by atoms with Crippen LogP contribution >= 0.6 is 0 Å². The Hall–Kier alpha value is -12.5. The van der Waals surface area contributed by atoms with Crippen LogP contribution in [-0.2, 0) is 37.9 Å². The number of aryl methyl sites for hydroxylation is 1. The summed E-state index contributed by atoms with van der Waals surface area (Å²) in [5, 5.41) is 0. The zero-order valence-corrected chi connectivity index (χ0v) is 85.5. The van der Waals surface area contributed by atoms with E-state index in [0.717, 1.165) is 56.8 Å². The van der Waals surface area contributed by atoms with Crippen molar-refractivity contribution in [1.29, 1.82) is 0 Å². The molecule has 3 atom stereocenters. The van der Waals surface area contributed by atoms with Crippen LogP contribution in [0.1, 0.15) is 238 Å². The van der Waals surface area contributed by atoms with Crippen LogP contribution in [0.5, 0.6) is 0 Å². The molecule has 0 amide bonds. The molecule has 6 bridgehead atoms. The second kappa shape index (κ2) is 44.2. The van der Waals surface area contributed by atoms with Crippen LogP contribution < -0.4 is 0 Å². The molecule has 0 radical (unpaired) electrons. The van der Waals surface area contributed by atoms with E-state index in [4.69, 9.17) is 0 Å². The number of fused-ring (bicyclic) bond motifs is 2. The van der Waals surface area contributed by atoms with Crippen LogP contribution in [-0.4, -0.2) is 24.7 Å². The Kier molecular flexibility index (Phi) is 31.1. The molecule has 0 N–H and O–H groups in total. The number of alkyl halides is 12. The molecule has 11 saturated carbocycles. The average molecular weight is 2010 g/mol. The third kappa shape index (κ3) is 20.6. The Morgan fingerprint density at radius 3 is 0.638 bits per heavy atom. The Bertz CT molecular complexity index is 6260. The van der Waals surface area contributed by atoms with Gasteiger partial charge in [-0.3, -0.25) is 0 Å².